The van der Waals surface area contributed by atoms with Gasteiger partial charge in [-0.3, -0.25) is 14.4 Å². The third-order valence-corrected chi connectivity index (χ3v) is 6.58. The first kappa shape index (κ1) is 29.1. The number of rotatable bonds is 5. The van der Waals surface area contributed by atoms with Crippen molar-refractivity contribution in [2.24, 2.45) is 5.92 Å². The van der Waals surface area contributed by atoms with Crippen LogP contribution in [0.15, 0.2) is 42.5 Å². The molecular weight excluding hydrogens is 491 g/mol. The Hall–Kier alpha value is -3.50. The van der Waals surface area contributed by atoms with Crippen LogP contribution in [-0.4, -0.2) is 99.1 Å². The first-order valence-electron chi connectivity index (χ1n) is 12.6. The number of nitrogens with zero attached hydrogens (tertiary/aromatic N) is 3. The number of carbonyl (C=O) groups excluding carboxylic acids is 3. The quantitative estimate of drug-likeness (QED) is 0.642. The van der Waals surface area contributed by atoms with Crippen molar-refractivity contribution in [3.8, 4) is 5.75 Å². The second kappa shape index (κ2) is 12.8. The summed E-state index contributed by atoms with van der Waals surface area (Å²) in [6.07, 6.45) is -0.309. The van der Waals surface area contributed by atoms with Crippen LogP contribution in [0.1, 0.15) is 34.6 Å². The van der Waals surface area contributed by atoms with Gasteiger partial charge in [0.15, 0.2) is 0 Å². The van der Waals surface area contributed by atoms with E-state index in [1.807, 2.05) is 32.8 Å². The lowest BCUT2D eigenvalue weighted by atomic mass is 10.0. The highest BCUT2D eigenvalue weighted by Crippen LogP contribution is 2.27. The van der Waals surface area contributed by atoms with E-state index in [9.17, 15) is 18.8 Å². The summed E-state index contributed by atoms with van der Waals surface area (Å²) in [7, 11) is 6.97. The van der Waals surface area contributed by atoms with Gasteiger partial charge in [0, 0.05) is 44.4 Å². The molecule has 9 nitrogen and oxygen atoms in total. The molecule has 1 aliphatic rings. The monoisotopic (exact) mass is 528 g/mol. The minimum Gasteiger partial charge on any atom is -0.491 e. The molecule has 0 saturated heterocycles. The Morgan fingerprint density at radius 2 is 1.82 bits per heavy atom. The summed E-state index contributed by atoms with van der Waals surface area (Å²) in [4.78, 5) is 44.4. The minimum atomic E-state index is -0.438. The smallest absolute Gasteiger partial charge is 0.257 e. The molecule has 206 valence electrons. The van der Waals surface area contributed by atoms with E-state index in [0.29, 0.717) is 24.5 Å². The summed E-state index contributed by atoms with van der Waals surface area (Å²) in [6, 6.07) is 9.75. The number of nitrogens with one attached hydrogen (secondary N) is 1. The molecule has 1 N–H and O–H groups in total. The number of amides is 3. The number of benzene rings is 2. The molecule has 0 radical (unpaired) electrons. The Balaban J connectivity index is 1.93. The van der Waals surface area contributed by atoms with Crippen LogP contribution in [0.3, 0.4) is 0 Å². The van der Waals surface area contributed by atoms with Crippen LogP contribution in [0, 0.1) is 11.7 Å². The second-order valence-corrected chi connectivity index (χ2v) is 10.1. The summed E-state index contributed by atoms with van der Waals surface area (Å²) in [6.45, 7) is 5.11. The maximum Gasteiger partial charge on any atom is 0.257 e. The average molecular weight is 529 g/mol. The summed E-state index contributed by atoms with van der Waals surface area (Å²) in [5.41, 5.74) is 0.945. The summed E-state index contributed by atoms with van der Waals surface area (Å²) < 4.78 is 25.1. The number of halogens is 1. The van der Waals surface area contributed by atoms with Gasteiger partial charge in [-0.25, -0.2) is 4.39 Å². The summed E-state index contributed by atoms with van der Waals surface area (Å²) in [5.74, 6) is -0.891. The van der Waals surface area contributed by atoms with Crippen LogP contribution in [-0.2, 0) is 9.53 Å². The normalized spacial score (nSPS) is 20.7. The molecule has 0 aromatic heterocycles. The first-order chi connectivity index (χ1) is 18.0. The van der Waals surface area contributed by atoms with Crippen molar-refractivity contribution in [1.29, 1.82) is 0 Å². The molecule has 3 amide bonds. The van der Waals surface area contributed by atoms with E-state index in [1.165, 1.54) is 24.3 Å². The molecule has 3 atom stereocenters. The van der Waals surface area contributed by atoms with Crippen LogP contribution in [0.4, 0.5) is 10.1 Å². The van der Waals surface area contributed by atoms with Gasteiger partial charge in [0.2, 0.25) is 5.91 Å². The summed E-state index contributed by atoms with van der Waals surface area (Å²) in [5, 5.41) is 2.76. The standard InChI is InChI=1S/C28H37FN4O5/c1-18-14-33(26(34)16-31(3)4)19(2)17-38-24-12-11-22(30-27(35)20-7-9-21(29)10-8-20)13-23(24)28(36)32(5)15-25(18)37-6/h7-13,18-19,25H,14-17H2,1-6H3,(H,30,35)/t18-,19+,25+/m0/s1. The number of hydrogen-bond acceptors (Lipinski definition) is 6. The molecule has 3 rings (SSSR count). The van der Waals surface area contributed by atoms with Crippen LogP contribution in [0.2, 0.25) is 0 Å². The molecule has 0 saturated carbocycles. The van der Waals surface area contributed by atoms with Gasteiger partial charge in [-0.05, 0) is 63.5 Å². The van der Waals surface area contributed by atoms with Gasteiger partial charge in [-0.15, -0.1) is 0 Å². The Morgan fingerprint density at radius 1 is 1.13 bits per heavy atom. The van der Waals surface area contributed by atoms with Crippen molar-refractivity contribution in [3.63, 3.8) is 0 Å². The van der Waals surface area contributed by atoms with Crippen molar-refractivity contribution in [1.82, 2.24) is 14.7 Å². The van der Waals surface area contributed by atoms with Crippen molar-refractivity contribution in [2.75, 3.05) is 59.8 Å². The summed E-state index contributed by atoms with van der Waals surface area (Å²) >= 11 is 0. The van der Waals surface area contributed by atoms with Crippen molar-refractivity contribution < 1.29 is 28.2 Å². The molecule has 38 heavy (non-hydrogen) atoms. The van der Waals surface area contributed by atoms with E-state index >= 15 is 0 Å². The van der Waals surface area contributed by atoms with Crippen LogP contribution in [0.25, 0.3) is 0 Å². The molecule has 2 aromatic carbocycles. The fourth-order valence-electron chi connectivity index (χ4n) is 4.37. The third kappa shape index (κ3) is 7.29. The third-order valence-electron chi connectivity index (χ3n) is 6.58. The number of methoxy groups -OCH3 is 1. The number of hydrogen-bond donors (Lipinski definition) is 1. The molecule has 10 heteroatoms. The zero-order valence-electron chi connectivity index (χ0n) is 22.9. The molecule has 1 heterocycles. The molecule has 0 spiro atoms. The van der Waals surface area contributed by atoms with E-state index in [0.717, 1.165) is 0 Å². The maximum absolute atomic E-state index is 13.5. The molecule has 0 fully saturated rings. The lowest BCUT2D eigenvalue weighted by Gasteiger charge is -2.36. The first-order valence-corrected chi connectivity index (χ1v) is 12.6. The van der Waals surface area contributed by atoms with E-state index in [1.54, 1.807) is 42.2 Å². The number of anilines is 1. The predicted molar refractivity (Wildman–Crippen MR) is 143 cm³/mol. The fraction of sp³-hybridized carbons (Fsp3) is 0.464. The van der Waals surface area contributed by atoms with Gasteiger partial charge in [-0.1, -0.05) is 6.92 Å². The molecule has 1 aliphatic heterocycles. The van der Waals surface area contributed by atoms with E-state index < -0.39 is 11.7 Å². The molecule has 0 bridgehead atoms. The average Bonchev–Trinajstić information content (AvgIpc) is 2.87. The zero-order chi connectivity index (χ0) is 28.0. The highest BCUT2D eigenvalue weighted by atomic mass is 19.1. The molecule has 2 aromatic rings. The van der Waals surface area contributed by atoms with E-state index in [2.05, 4.69) is 5.32 Å². The van der Waals surface area contributed by atoms with Crippen LogP contribution < -0.4 is 10.1 Å². The SMILES string of the molecule is CO[C@@H]1CN(C)C(=O)c2cc(NC(=O)c3ccc(F)cc3)ccc2OC[C@@H](C)N(C(=O)CN(C)C)C[C@@H]1C. The van der Waals surface area contributed by atoms with Gasteiger partial charge in [0.25, 0.3) is 11.8 Å². The van der Waals surface area contributed by atoms with E-state index in [-0.39, 0.29) is 54.2 Å². The van der Waals surface area contributed by atoms with Gasteiger partial charge in [-0.2, -0.15) is 0 Å². The van der Waals surface area contributed by atoms with Gasteiger partial charge in [0.1, 0.15) is 18.2 Å². The largest absolute Gasteiger partial charge is 0.491 e. The van der Waals surface area contributed by atoms with Crippen molar-refractivity contribution in [2.45, 2.75) is 26.0 Å². The van der Waals surface area contributed by atoms with E-state index in [4.69, 9.17) is 9.47 Å². The highest BCUT2D eigenvalue weighted by molar-refractivity contribution is 6.05. The number of likely N-dealkylation sites (N-methyl/N-ethyl adjacent to an activating group) is 2. The lowest BCUT2D eigenvalue weighted by molar-refractivity contribution is -0.136. The Labute approximate surface area is 223 Å². The van der Waals surface area contributed by atoms with Crippen molar-refractivity contribution in [3.05, 3.63) is 59.4 Å². The second-order valence-electron chi connectivity index (χ2n) is 10.1. The van der Waals surface area contributed by atoms with Gasteiger partial charge in [0.05, 0.1) is 24.3 Å². The Morgan fingerprint density at radius 3 is 2.45 bits per heavy atom. The van der Waals surface area contributed by atoms with Gasteiger partial charge >= 0.3 is 0 Å². The predicted octanol–water partition coefficient (Wildman–Crippen LogP) is 2.97. The Kier molecular flexibility index (Phi) is 9.82. The minimum absolute atomic E-state index is 0.0200. The fourth-order valence-corrected chi connectivity index (χ4v) is 4.37. The number of ether oxygens (including phenoxy) is 2. The number of carbonyl (C=O) groups is 3. The highest BCUT2D eigenvalue weighted by Gasteiger charge is 2.30. The van der Waals surface area contributed by atoms with Crippen LogP contribution >= 0.6 is 0 Å². The lowest BCUT2D eigenvalue weighted by Crippen LogP contribution is -2.50. The van der Waals surface area contributed by atoms with Gasteiger partial charge < -0.3 is 29.5 Å². The zero-order valence-corrected chi connectivity index (χ0v) is 22.9. The topological polar surface area (TPSA) is 91.4 Å². The molecule has 0 aliphatic carbocycles. The number of fused-ring (bicyclic) bond motifs is 1. The molecule has 0 unspecified atom stereocenters. The van der Waals surface area contributed by atoms with Crippen LogP contribution in [0.5, 0.6) is 5.75 Å². The molecular formula is C28H37FN4O5. The maximum atomic E-state index is 13.5. The Bertz CT molecular complexity index is 1140. The van der Waals surface area contributed by atoms with Crippen molar-refractivity contribution >= 4 is 23.4 Å².